The lowest BCUT2D eigenvalue weighted by atomic mass is 9.92. The predicted octanol–water partition coefficient (Wildman–Crippen LogP) is 11.9. The summed E-state index contributed by atoms with van der Waals surface area (Å²) >= 11 is 19.8. The van der Waals surface area contributed by atoms with Gasteiger partial charge in [-0.3, -0.25) is 14.8 Å². The summed E-state index contributed by atoms with van der Waals surface area (Å²) in [5.74, 6) is -0.358. The number of hydrogen-bond acceptors (Lipinski definition) is 8. The van der Waals surface area contributed by atoms with Crippen molar-refractivity contribution in [2.75, 3.05) is 0 Å². The highest BCUT2D eigenvalue weighted by Crippen LogP contribution is 2.39. The highest BCUT2D eigenvalue weighted by molar-refractivity contribution is 6.36. The van der Waals surface area contributed by atoms with Gasteiger partial charge in [0.25, 0.3) is 0 Å². The molecule has 0 aliphatic carbocycles. The van der Waals surface area contributed by atoms with E-state index in [9.17, 15) is 15.0 Å². The van der Waals surface area contributed by atoms with Gasteiger partial charge in [0, 0.05) is 42.5 Å². The molecule has 13 heteroatoms. The van der Waals surface area contributed by atoms with E-state index in [-0.39, 0.29) is 39.3 Å². The molecular formula is C48H44Cl3N3O7. The number of halogens is 3. The van der Waals surface area contributed by atoms with E-state index < -0.39 is 18.0 Å². The number of carbonyl (C=O) groups is 1. The van der Waals surface area contributed by atoms with Crippen LogP contribution in [-0.4, -0.2) is 32.3 Å². The molecule has 6 aromatic rings. The number of aliphatic hydroxyl groups is 1. The Kier molecular flexibility index (Phi) is 15.1. The van der Waals surface area contributed by atoms with E-state index in [0.29, 0.717) is 54.9 Å². The smallest absolute Gasteiger partial charge is 0.309 e. The van der Waals surface area contributed by atoms with E-state index in [4.69, 9.17) is 60.3 Å². The topological polar surface area (TPSA) is 125 Å². The summed E-state index contributed by atoms with van der Waals surface area (Å²) < 4.78 is 24.8. The van der Waals surface area contributed by atoms with E-state index >= 15 is 0 Å². The van der Waals surface area contributed by atoms with Gasteiger partial charge in [0.1, 0.15) is 49.4 Å². The van der Waals surface area contributed by atoms with Gasteiger partial charge in [-0.25, -0.2) is 4.85 Å². The zero-order valence-corrected chi connectivity index (χ0v) is 36.3. The van der Waals surface area contributed by atoms with Crippen molar-refractivity contribution in [3.63, 3.8) is 0 Å². The number of rotatable bonds is 18. The van der Waals surface area contributed by atoms with Crippen molar-refractivity contribution in [1.82, 2.24) is 9.97 Å². The number of pyridine rings is 2. The highest BCUT2D eigenvalue weighted by Gasteiger charge is 2.24. The molecule has 2 atom stereocenters. The molecule has 61 heavy (non-hydrogen) atoms. The van der Waals surface area contributed by atoms with Gasteiger partial charge < -0.3 is 29.2 Å². The molecule has 0 saturated heterocycles. The van der Waals surface area contributed by atoms with Crippen LogP contribution in [0.15, 0.2) is 97.6 Å². The molecule has 10 nitrogen and oxygen atoms in total. The van der Waals surface area contributed by atoms with Gasteiger partial charge in [0.15, 0.2) is 0 Å². The molecule has 2 heterocycles. The van der Waals surface area contributed by atoms with E-state index in [1.807, 2.05) is 44.2 Å². The minimum absolute atomic E-state index is 0.0998. The Balaban J connectivity index is 1.18. The molecular weight excluding hydrogens is 837 g/mol. The van der Waals surface area contributed by atoms with Gasteiger partial charge >= 0.3 is 5.97 Å². The first-order valence-electron chi connectivity index (χ1n) is 19.4. The van der Waals surface area contributed by atoms with Gasteiger partial charge in [-0.1, -0.05) is 71.2 Å². The monoisotopic (exact) mass is 879 g/mol. The Morgan fingerprint density at radius 1 is 0.672 bits per heavy atom. The first kappa shape index (κ1) is 44.7. The van der Waals surface area contributed by atoms with Crippen molar-refractivity contribution in [2.45, 2.75) is 73.1 Å². The molecule has 0 aliphatic rings. The lowest BCUT2D eigenvalue weighted by molar-refractivity contribution is -0.145. The number of nitrogens with zero attached hydrogens (tertiary/aromatic N) is 3. The number of hydrogen-bond donors (Lipinski definition) is 2. The van der Waals surface area contributed by atoms with Crippen LogP contribution in [0, 0.1) is 33.3 Å². The van der Waals surface area contributed by atoms with Crippen LogP contribution in [0.1, 0.15) is 57.9 Å². The number of aromatic nitrogens is 2. The number of aliphatic hydroxyl groups excluding tert-OH is 1. The standard InChI is InChI=1S/C48H44Cl3N3O7/c1-28-14-32(21-53-20-28)24-59-46-19-47(43(51)17-42(46)50)61-27-36-9-7-11-39(30(36)3)38-10-6-8-35(29(38)2)26-60-45-18-44(58-25-33-15-37(52-5)23-54-22-33)34(16-41(45)49)12-13-40(31(4)55)48(56)57/h6-11,14-23,31,40,55H,12-13,24-27H2,1-4H3,(H,56,57)/t31-,40+/m0/s1. The Labute approximate surface area is 370 Å². The van der Waals surface area contributed by atoms with E-state index in [2.05, 4.69) is 33.9 Å². The molecule has 314 valence electrons. The molecule has 0 fully saturated rings. The van der Waals surface area contributed by atoms with Crippen LogP contribution in [0.25, 0.3) is 16.0 Å². The Morgan fingerprint density at radius 2 is 1.18 bits per heavy atom. The highest BCUT2D eigenvalue weighted by atomic mass is 35.5. The maximum atomic E-state index is 11.8. The van der Waals surface area contributed by atoms with Crippen molar-refractivity contribution < 1.29 is 34.0 Å². The van der Waals surface area contributed by atoms with E-state index in [0.717, 1.165) is 44.5 Å². The molecule has 6 rings (SSSR count). The number of ether oxygens (including phenoxy) is 4. The van der Waals surface area contributed by atoms with Crippen LogP contribution in [-0.2, 0) is 37.6 Å². The van der Waals surface area contributed by atoms with Crippen molar-refractivity contribution in [1.29, 1.82) is 0 Å². The summed E-state index contributed by atoms with van der Waals surface area (Å²) in [6.45, 7) is 15.7. The van der Waals surface area contributed by atoms with Crippen LogP contribution in [0.5, 0.6) is 23.0 Å². The molecule has 2 aromatic heterocycles. The fourth-order valence-corrected chi connectivity index (χ4v) is 7.57. The second kappa shape index (κ2) is 20.6. The number of aliphatic carboxylic acids is 1. The Morgan fingerprint density at radius 3 is 1.72 bits per heavy atom. The van der Waals surface area contributed by atoms with Crippen molar-refractivity contribution >= 4 is 46.5 Å². The third-order valence-corrected chi connectivity index (χ3v) is 11.2. The molecule has 0 saturated carbocycles. The minimum Gasteiger partial charge on any atom is -0.488 e. The largest absolute Gasteiger partial charge is 0.488 e. The summed E-state index contributed by atoms with van der Waals surface area (Å²) in [5.41, 5.74) is 9.68. The number of carboxylic acids is 1. The summed E-state index contributed by atoms with van der Waals surface area (Å²) in [4.78, 5) is 23.6. The predicted molar refractivity (Wildman–Crippen MR) is 237 cm³/mol. The normalized spacial score (nSPS) is 12.0. The molecule has 0 bridgehead atoms. The Hall–Kier alpha value is -5.83. The first-order valence-corrected chi connectivity index (χ1v) is 20.6. The molecule has 0 spiro atoms. The molecule has 2 N–H and O–H groups in total. The minimum atomic E-state index is -1.09. The van der Waals surface area contributed by atoms with Gasteiger partial charge in [0.2, 0.25) is 5.69 Å². The number of aryl methyl sites for hydroxylation is 2. The van der Waals surface area contributed by atoms with Crippen LogP contribution < -0.4 is 18.9 Å². The van der Waals surface area contributed by atoms with Crippen LogP contribution in [0.4, 0.5) is 5.69 Å². The maximum absolute atomic E-state index is 11.8. The quantitative estimate of drug-likeness (QED) is 0.0812. The van der Waals surface area contributed by atoms with Crippen LogP contribution in [0.2, 0.25) is 15.1 Å². The molecule has 0 aliphatic heterocycles. The molecule has 4 aromatic carbocycles. The molecule has 0 radical (unpaired) electrons. The lowest BCUT2D eigenvalue weighted by Gasteiger charge is -2.19. The molecule has 0 unspecified atom stereocenters. The average Bonchev–Trinajstić information content (AvgIpc) is 3.23. The number of benzene rings is 4. The van der Waals surface area contributed by atoms with Gasteiger partial charge in [0.05, 0.1) is 33.7 Å². The fraction of sp³-hybridized carbons (Fsp3) is 0.250. The summed E-state index contributed by atoms with van der Waals surface area (Å²) in [6.07, 6.45) is 6.01. The average molecular weight is 881 g/mol. The second-order valence-electron chi connectivity index (χ2n) is 14.7. The number of carboxylic acid groups (broad SMARTS) is 1. The molecule has 0 amide bonds. The maximum Gasteiger partial charge on any atom is 0.309 e. The van der Waals surface area contributed by atoms with Crippen LogP contribution in [0.3, 0.4) is 0 Å². The van der Waals surface area contributed by atoms with E-state index in [1.165, 1.54) is 13.1 Å². The van der Waals surface area contributed by atoms with Crippen LogP contribution >= 0.6 is 34.8 Å². The van der Waals surface area contributed by atoms with E-state index in [1.54, 1.807) is 48.9 Å². The second-order valence-corrected chi connectivity index (χ2v) is 15.9. The van der Waals surface area contributed by atoms with Gasteiger partial charge in [-0.15, -0.1) is 0 Å². The van der Waals surface area contributed by atoms with Gasteiger partial charge in [-0.05, 0) is 115 Å². The summed E-state index contributed by atoms with van der Waals surface area (Å²) in [7, 11) is 0. The fourth-order valence-electron chi connectivity index (χ4n) is 6.84. The summed E-state index contributed by atoms with van der Waals surface area (Å²) in [5, 5.41) is 20.8. The Bertz CT molecular complexity index is 2580. The zero-order chi connectivity index (χ0) is 43.6. The third-order valence-electron chi connectivity index (χ3n) is 10.3. The third kappa shape index (κ3) is 11.5. The summed E-state index contributed by atoms with van der Waals surface area (Å²) in [6, 6.07) is 22.5. The van der Waals surface area contributed by atoms with Crippen molar-refractivity contribution in [3.05, 3.63) is 169 Å². The SMILES string of the molecule is [C-]#[N+]c1cncc(COc2cc(OCc3cccc(-c4cccc(COc5cc(OCc6cncc(C)c6)c(Cl)cc5Cl)c4C)c3C)c(Cl)cc2CC[C@@H](C(=O)O)[C@H](C)O)c1. The zero-order valence-electron chi connectivity index (χ0n) is 34.0. The van der Waals surface area contributed by atoms with Gasteiger partial charge in [-0.2, -0.15) is 0 Å². The van der Waals surface area contributed by atoms with Crippen molar-refractivity contribution in [2.24, 2.45) is 5.92 Å². The van der Waals surface area contributed by atoms with Crippen molar-refractivity contribution in [3.8, 4) is 34.1 Å². The first-order chi connectivity index (χ1) is 29.3. The lowest BCUT2D eigenvalue weighted by Crippen LogP contribution is -2.26.